The number of carbonyl (C=O) groups is 1. The maximum absolute atomic E-state index is 12.1. The number of nitrogens with one attached hydrogen (secondary N) is 1. The lowest BCUT2D eigenvalue weighted by atomic mass is 9.84. The maximum Gasteiger partial charge on any atom is 0.244 e. The highest BCUT2D eigenvalue weighted by Gasteiger charge is 2.22. The van der Waals surface area contributed by atoms with E-state index < -0.39 is 0 Å². The van der Waals surface area contributed by atoms with Crippen molar-refractivity contribution in [2.24, 2.45) is 0 Å². The van der Waals surface area contributed by atoms with Gasteiger partial charge in [0, 0.05) is 30.4 Å². The second-order valence-electron chi connectivity index (χ2n) is 6.29. The second-order valence-corrected chi connectivity index (χ2v) is 6.29. The second kappa shape index (κ2) is 8.33. The lowest BCUT2D eigenvalue weighted by molar-refractivity contribution is -0.116. The third-order valence-electron chi connectivity index (χ3n) is 4.00. The van der Waals surface area contributed by atoms with Crippen molar-refractivity contribution in [2.75, 3.05) is 20.8 Å². The molecular weight excluding hydrogens is 316 g/mol. The minimum absolute atomic E-state index is 0.134. The van der Waals surface area contributed by atoms with E-state index in [1.165, 1.54) is 6.08 Å². The first-order chi connectivity index (χ1) is 12.0. The smallest absolute Gasteiger partial charge is 0.244 e. The molecule has 1 amide bonds. The molecule has 0 saturated heterocycles. The first-order valence-corrected chi connectivity index (χ1v) is 8.05. The Morgan fingerprint density at radius 1 is 1.12 bits per heavy atom. The first kappa shape index (κ1) is 18.5. The van der Waals surface area contributed by atoms with Crippen molar-refractivity contribution in [2.45, 2.75) is 19.3 Å². The summed E-state index contributed by atoms with van der Waals surface area (Å²) in [6.45, 7) is 4.64. The zero-order valence-corrected chi connectivity index (χ0v) is 15.1. The Morgan fingerprint density at radius 2 is 1.80 bits per heavy atom. The summed E-state index contributed by atoms with van der Waals surface area (Å²) in [5.41, 5.74) is 1.74. The number of aromatic nitrogens is 1. The van der Waals surface area contributed by atoms with E-state index in [4.69, 9.17) is 9.47 Å². The number of methoxy groups -OCH3 is 2. The van der Waals surface area contributed by atoms with E-state index in [2.05, 4.69) is 24.1 Å². The molecule has 0 aliphatic rings. The molecule has 25 heavy (non-hydrogen) atoms. The number of hydrogen-bond donors (Lipinski definition) is 1. The summed E-state index contributed by atoms with van der Waals surface area (Å²) in [6.07, 6.45) is 6.68. The molecule has 0 fully saturated rings. The summed E-state index contributed by atoms with van der Waals surface area (Å²) in [5.74, 6) is 1.23. The third kappa shape index (κ3) is 5.08. The van der Waals surface area contributed by atoms with Crippen LogP contribution in [0.1, 0.15) is 25.0 Å². The van der Waals surface area contributed by atoms with Crippen LogP contribution in [0.4, 0.5) is 0 Å². The van der Waals surface area contributed by atoms with Gasteiger partial charge in [-0.2, -0.15) is 0 Å². The van der Waals surface area contributed by atoms with Gasteiger partial charge in [-0.1, -0.05) is 19.9 Å². The molecule has 1 heterocycles. The lowest BCUT2D eigenvalue weighted by Gasteiger charge is -2.26. The normalized spacial score (nSPS) is 11.4. The highest BCUT2D eigenvalue weighted by atomic mass is 16.5. The summed E-state index contributed by atoms with van der Waals surface area (Å²) >= 11 is 0. The zero-order chi connectivity index (χ0) is 18.3. The SMILES string of the molecule is COc1ccc(C(C)(C)CNC(=O)C=Cc2ccncc2)cc1OC. The molecule has 0 radical (unpaired) electrons. The molecule has 0 spiro atoms. The number of amides is 1. The van der Waals surface area contributed by atoms with Gasteiger partial charge < -0.3 is 14.8 Å². The van der Waals surface area contributed by atoms with Crippen molar-refractivity contribution in [3.8, 4) is 11.5 Å². The molecule has 0 aliphatic heterocycles. The largest absolute Gasteiger partial charge is 0.493 e. The number of rotatable bonds is 7. The van der Waals surface area contributed by atoms with Gasteiger partial charge in [-0.05, 0) is 41.5 Å². The minimum atomic E-state index is -0.250. The average Bonchev–Trinajstić information content (AvgIpc) is 2.65. The number of hydrogen-bond acceptors (Lipinski definition) is 4. The fourth-order valence-electron chi connectivity index (χ4n) is 2.37. The average molecular weight is 340 g/mol. The molecule has 1 aromatic carbocycles. The Bertz CT molecular complexity index is 740. The van der Waals surface area contributed by atoms with Crippen LogP contribution in [0.25, 0.3) is 6.08 Å². The number of carbonyl (C=O) groups excluding carboxylic acids is 1. The van der Waals surface area contributed by atoms with Gasteiger partial charge >= 0.3 is 0 Å². The van der Waals surface area contributed by atoms with Crippen LogP contribution in [0.15, 0.2) is 48.8 Å². The Balaban J connectivity index is 2.01. The zero-order valence-electron chi connectivity index (χ0n) is 15.1. The van der Waals surface area contributed by atoms with E-state index in [0.717, 1.165) is 11.1 Å². The summed E-state index contributed by atoms with van der Waals surface area (Å²) in [5, 5.41) is 2.94. The van der Waals surface area contributed by atoms with Crippen LogP contribution in [-0.2, 0) is 10.2 Å². The molecule has 0 unspecified atom stereocenters. The highest BCUT2D eigenvalue weighted by Crippen LogP contribution is 2.32. The molecular formula is C20H24N2O3. The van der Waals surface area contributed by atoms with Gasteiger partial charge in [0.2, 0.25) is 5.91 Å². The van der Waals surface area contributed by atoms with Crippen LogP contribution in [-0.4, -0.2) is 31.7 Å². The molecule has 0 bridgehead atoms. The van der Waals surface area contributed by atoms with Gasteiger partial charge in [-0.3, -0.25) is 9.78 Å². The minimum Gasteiger partial charge on any atom is -0.493 e. The molecule has 2 aromatic rings. The van der Waals surface area contributed by atoms with Gasteiger partial charge in [0.05, 0.1) is 14.2 Å². The van der Waals surface area contributed by atoms with E-state index in [1.54, 1.807) is 32.7 Å². The molecule has 5 nitrogen and oxygen atoms in total. The summed E-state index contributed by atoms with van der Waals surface area (Å²) in [7, 11) is 3.22. The summed E-state index contributed by atoms with van der Waals surface area (Å²) in [4.78, 5) is 16.0. The third-order valence-corrected chi connectivity index (χ3v) is 4.00. The van der Waals surface area contributed by atoms with Crippen molar-refractivity contribution in [1.29, 1.82) is 0 Å². The van der Waals surface area contributed by atoms with Gasteiger partial charge in [-0.25, -0.2) is 0 Å². The van der Waals surface area contributed by atoms with Crippen LogP contribution in [0, 0.1) is 0 Å². The van der Waals surface area contributed by atoms with Crippen LogP contribution < -0.4 is 14.8 Å². The lowest BCUT2D eigenvalue weighted by Crippen LogP contribution is -2.35. The van der Waals surface area contributed by atoms with E-state index in [9.17, 15) is 4.79 Å². The molecule has 0 aliphatic carbocycles. The predicted molar refractivity (Wildman–Crippen MR) is 98.9 cm³/mol. The van der Waals surface area contributed by atoms with E-state index in [0.29, 0.717) is 18.0 Å². The Morgan fingerprint density at radius 3 is 2.44 bits per heavy atom. The fourth-order valence-corrected chi connectivity index (χ4v) is 2.37. The topological polar surface area (TPSA) is 60.5 Å². The number of benzene rings is 1. The number of ether oxygens (including phenoxy) is 2. The predicted octanol–water partition coefficient (Wildman–Crippen LogP) is 3.21. The van der Waals surface area contributed by atoms with Crippen molar-refractivity contribution in [3.63, 3.8) is 0 Å². The van der Waals surface area contributed by atoms with Crippen LogP contribution in [0.2, 0.25) is 0 Å². The fraction of sp³-hybridized carbons (Fsp3) is 0.300. The van der Waals surface area contributed by atoms with Crippen LogP contribution in [0.3, 0.4) is 0 Å². The van der Waals surface area contributed by atoms with Crippen molar-refractivity contribution >= 4 is 12.0 Å². The van der Waals surface area contributed by atoms with Crippen molar-refractivity contribution in [3.05, 3.63) is 59.9 Å². The Kier molecular flexibility index (Phi) is 6.17. The van der Waals surface area contributed by atoms with Gasteiger partial charge in [0.15, 0.2) is 11.5 Å². The molecule has 0 atom stereocenters. The van der Waals surface area contributed by atoms with Crippen molar-refractivity contribution < 1.29 is 14.3 Å². The van der Waals surface area contributed by atoms with Gasteiger partial charge in [0.1, 0.15) is 0 Å². The molecule has 5 heteroatoms. The summed E-state index contributed by atoms with van der Waals surface area (Å²) in [6, 6.07) is 9.49. The standard InChI is InChI=1S/C20H24N2O3/c1-20(2,16-6-7-17(24-3)18(13-16)25-4)14-22-19(23)8-5-15-9-11-21-12-10-15/h5-13H,14H2,1-4H3,(H,22,23). The highest BCUT2D eigenvalue weighted by molar-refractivity contribution is 5.91. The molecule has 1 aromatic heterocycles. The first-order valence-electron chi connectivity index (χ1n) is 8.05. The molecule has 2 rings (SSSR count). The van der Waals surface area contributed by atoms with E-state index in [1.807, 2.05) is 30.3 Å². The van der Waals surface area contributed by atoms with Gasteiger partial charge in [0.25, 0.3) is 0 Å². The number of nitrogens with zero attached hydrogens (tertiary/aromatic N) is 1. The molecule has 132 valence electrons. The quantitative estimate of drug-likeness (QED) is 0.786. The van der Waals surface area contributed by atoms with E-state index >= 15 is 0 Å². The van der Waals surface area contributed by atoms with Crippen molar-refractivity contribution in [1.82, 2.24) is 10.3 Å². The Labute approximate surface area is 148 Å². The van der Waals surface area contributed by atoms with Crippen LogP contribution >= 0.6 is 0 Å². The number of pyridine rings is 1. The molecule has 0 saturated carbocycles. The summed E-state index contributed by atoms with van der Waals surface area (Å²) < 4.78 is 10.6. The monoisotopic (exact) mass is 340 g/mol. The molecule has 1 N–H and O–H groups in total. The van der Waals surface area contributed by atoms with Crippen LogP contribution in [0.5, 0.6) is 11.5 Å². The Hall–Kier alpha value is -2.82. The van der Waals surface area contributed by atoms with Gasteiger partial charge in [-0.15, -0.1) is 0 Å². The maximum atomic E-state index is 12.1. The van der Waals surface area contributed by atoms with E-state index in [-0.39, 0.29) is 11.3 Å².